The molecule has 1 aromatic rings. The Morgan fingerprint density at radius 3 is 2.71 bits per heavy atom. The number of likely N-dealkylation sites (N-methyl/N-ethyl adjacent to an activating group) is 1. The Hall–Kier alpha value is -0.650. The summed E-state index contributed by atoms with van der Waals surface area (Å²) in [5, 5.41) is 3.42. The molecular formula is C12H18BrN3S. The first-order valence-corrected chi connectivity index (χ1v) is 6.61. The smallest absolute Gasteiger partial charge is 0.107 e. The van der Waals surface area contributed by atoms with Crippen LogP contribution in [0.25, 0.3) is 0 Å². The summed E-state index contributed by atoms with van der Waals surface area (Å²) >= 11 is 8.55. The Kier molecular flexibility index (Phi) is 5.36. The lowest BCUT2D eigenvalue weighted by Crippen LogP contribution is -2.30. The molecule has 94 valence electrons. The van der Waals surface area contributed by atoms with Crippen LogP contribution in [0, 0.1) is 0 Å². The Balaban J connectivity index is 2.91. The van der Waals surface area contributed by atoms with E-state index in [9.17, 15) is 0 Å². The molecule has 0 bridgehead atoms. The molecule has 3 nitrogen and oxygen atoms in total. The fourth-order valence-corrected chi connectivity index (χ4v) is 2.68. The van der Waals surface area contributed by atoms with E-state index >= 15 is 0 Å². The van der Waals surface area contributed by atoms with E-state index in [1.54, 1.807) is 0 Å². The van der Waals surface area contributed by atoms with Crippen molar-refractivity contribution in [1.82, 2.24) is 4.90 Å². The van der Waals surface area contributed by atoms with Gasteiger partial charge < -0.3 is 16.0 Å². The van der Waals surface area contributed by atoms with Gasteiger partial charge in [0.1, 0.15) is 4.99 Å². The molecule has 5 heteroatoms. The highest BCUT2D eigenvalue weighted by Gasteiger charge is 2.11. The highest BCUT2D eigenvalue weighted by molar-refractivity contribution is 9.10. The number of rotatable bonds is 5. The second-order valence-corrected chi connectivity index (χ2v) is 5.63. The molecule has 3 N–H and O–H groups in total. The number of nitrogens with one attached hydrogen (secondary N) is 1. The summed E-state index contributed by atoms with van der Waals surface area (Å²) in [4.78, 5) is 2.54. The standard InChI is InChI=1S/C12H18BrN3S/c1-8(7-16(2)3)15-10-6-4-5-9(13)11(10)12(14)17/h4-6,8,15H,7H2,1-3H3,(H2,14,17). The summed E-state index contributed by atoms with van der Waals surface area (Å²) in [6, 6.07) is 6.23. The van der Waals surface area contributed by atoms with Crippen LogP contribution in [0.5, 0.6) is 0 Å². The van der Waals surface area contributed by atoms with Gasteiger partial charge in [0.05, 0.1) is 0 Å². The zero-order valence-electron chi connectivity index (χ0n) is 10.3. The van der Waals surface area contributed by atoms with E-state index < -0.39 is 0 Å². The van der Waals surface area contributed by atoms with Gasteiger partial charge in [0, 0.05) is 28.3 Å². The molecule has 17 heavy (non-hydrogen) atoms. The highest BCUT2D eigenvalue weighted by atomic mass is 79.9. The van der Waals surface area contributed by atoms with Gasteiger partial charge in [-0.2, -0.15) is 0 Å². The molecule has 1 unspecified atom stereocenters. The lowest BCUT2D eigenvalue weighted by molar-refractivity contribution is 0.392. The molecule has 0 fully saturated rings. The first-order chi connectivity index (χ1) is 7.91. The van der Waals surface area contributed by atoms with Crippen molar-refractivity contribution in [1.29, 1.82) is 0 Å². The maximum atomic E-state index is 5.74. The molecule has 1 atom stereocenters. The van der Waals surface area contributed by atoms with Crippen LogP contribution in [0.4, 0.5) is 5.69 Å². The van der Waals surface area contributed by atoms with E-state index in [0.29, 0.717) is 11.0 Å². The van der Waals surface area contributed by atoms with E-state index in [1.807, 2.05) is 32.3 Å². The maximum absolute atomic E-state index is 5.74. The largest absolute Gasteiger partial charge is 0.389 e. The minimum absolute atomic E-state index is 0.326. The molecule has 1 aromatic carbocycles. The number of benzene rings is 1. The Morgan fingerprint density at radius 2 is 2.18 bits per heavy atom. The zero-order chi connectivity index (χ0) is 13.0. The van der Waals surface area contributed by atoms with E-state index in [-0.39, 0.29) is 0 Å². The van der Waals surface area contributed by atoms with Crippen molar-refractivity contribution in [3.63, 3.8) is 0 Å². The SMILES string of the molecule is CC(CN(C)C)Nc1cccc(Br)c1C(N)=S. The molecule has 0 heterocycles. The predicted molar refractivity (Wildman–Crippen MR) is 81.7 cm³/mol. The number of anilines is 1. The van der Waals surface area contributed by atoms with Gasteiger partial charge in [-0.15, -0.1) is 0 Å². The molecule has 0 aliphatic rings. The normalized spacial score (nSPS) is 12.5. The van der Waals surface area contributed by atoms with E-state index in [1.165, 1.54) is 0 Å². The van der Waals surface area contributed by atoms with Gasteiger partial charge in [-0.1, -0.05) is 18.3 Å². The average molecular weight is 316 g/mol. The summed E-state index contributed by atoms with van der Waals surface area (Å²) in [5.41, 5.74) is 7.59. The van der Waals surface area contributed by atoms with E-state index in [4.69, 9.17) is 18.0 Å². The number of halogens is 1. The quantitative estimate of drug-likeness (QED) is 0.819. The Bertz CT molecular complexity index is 407. The minimum atomic E-state index is 0.326. The maximum Gasteiger partial charge on any atom is 0.107 e. The second-order valence-electron chi connectivity index (χ2n) is 4.33. The van der Waals surface area contributed by atoms with Crippen LogP contribution in [0.15, 0.2) is 22.7 Å². The summed E-state index contributed by atoms with van der Waals surface area (Å²) in [7, 11) is 4.10. The molecule has 0 aromatic heterocycles. The lowest BCUT2D eigenvalue weighted by atomic mass is 10.1. The summed E-state index contributed by atoms with van der Waals surface area (Å²) < 4.78 is 0.923. The molecule has 0 aliphatic carbocycles. The van der Waals surface area contributed by atoms with Crippen molar-refractivity contribution in [3.05, 3.63) is 28.2 Å². The molecule has 0 radical (unpaired) electrons. The van der Waals surface area contributed by atoms with Gasteiger partial charge in [0.2, 0.25) is 0 Å². The van der Waals surface area contributed by atoms with E-state index in [0.717, 1.165) is 22.3 Å². The van der Waals surface area contributed by atoms with Crippen LogP contribution in [0.2, 0.25) is 0 Å². The van der Waals surface area contributed by atoms with Gasteiger partial charge >= 0.3 is 0 Å². The van der Waals surface area contributed by atoms with Crippen LogP contribution in [0.1, 0.15) is 12.5 Å². The molecule has 0 aliphatic heterocycles. The number of nitrogens with two attached hydrogens (primary N) is 1. The predicted octanol–water partition coefficient (Wildman–Crippen LogP) is 2.45. The third-order valence-corrected chi connectivity index (χ3v) is 3.17. The van der Waals surface area contributed by atoms with Crippen molar-refractivity contribution >= 4 is 38.8 Å². The fraction of sp³-hybridized carbons (Fsp3) is 0.417. The van der Waals surface area contributed by atoms with Gasteiger partial charge in [0.25, 0.3) is 0 Å². The van der Waals surface area contributed by atoms with E-state index in [2.05, 4.69) is 33.1 Å². The Labute approximate surface area is 116 Å². The Morgan fingerprint density at radius 1 is 1.53 bits per heavy atom. The van der Waals surface area contributed by atoms with Gasteiger partial charge in [-0.3, -0.25) is 0 Å². The van der Waals surface area contributed by atoms with Gasteiger partial charge in [-0.05, 0) is 49.1 Å². The fourth-order valence-electron chi connectivity index (χ4n) is 1.75. The van der Waals surface area contributed by atoms with Crippen molar-refractivity contribution in [3.8, 4) is 0 Å². The molecule has 0 saturated heterocycles. The van der Waals surface area contributed by atoms with Gasteiger partial charge in [-0.25, -0.2) is 0 Å². The molecular weight excluding hydrogens is 298 g/mol. The van der Waals surface area contributed by atoms with Crippen LogP contribution in [-0.4, -0.2) is 36.6 Å². The molecule has 0 spiro atoms. The number of hydrogen-bond acceptors (Lipinski definition) is 3. The third-order valence-electron chi connectivity index (χ3n) is 2.30. The van der Waals surface area contributed by atoms with Crippen LogP contribution >= 0.6 is 28.1 Å². The highest BCUT2D eigenvalue weighted by Crippen LogP contribution is 2.25. The van der Waals surface area contributed by atoms with Crippen LogP contribution in [0.3, 0.4) is 0 Å². The average Bonchev–Trinajstić information content (AvgIpc) is 2.15. The number of thiocarbonyl (C=S) groups is 1. The first kappa shape index (κ1) is 14.4. The van der Waals surface area contributed by atoms with Gasteiger partial charge in [0.15, 0.2) is 0 Å². The second kappa shape index (κ2) is 6.33. The van der Waals surface area contributed by atoms with Crippen molar-refractivity contribution in [2.24, 2.45) is 5.73 Å². The first-order valence-electron chi connectivity index (χ1n) is 5.41. The van der Waals surface area contributed by atoms with Crippen molar-refractivity contribution < 1.29 is 0 Å². The topological polar surface area (TPSA) is 41.3 Å². The van der Waals surface area contributed by atoms with Crippen LogP contribution in [-0.2, 0) is 0 Å². The molecule has 0 saturated carbocycles. The van der Waals surface area contributed by atoms with Crippen molar-refractivity contribution in [2.75, 3.05) is 26.0 Å². The monoisotopic (exact) mass is 315 g/mol. The molecule has 0 amide bonds. The van der Waals surface area contributed by atoms with Crippen molar-refractivity contribution in [2.45, 2.75) is 13.0 Å². The summed E-state index contributed by atoms with van der Waals surface area (Å²) in [6.45, 7) is 3.08. The number of hydrogen-bond donors (Lipinski definition) is 2. The van der Waals surface area contributed by atoms with Crippen LogP contribution < -0.4 is 11.1 Å². The minimum Gasteiger partial charge on any atom is -0.389 e. The zero-order valence-corrected chi connectivity index (χ0v) is 12.7. The number of nitrogens with zero attached hydrogens (tertiary/aromatic N) is 1. The summed E-state index contributed by atoms with van der Waals surface area (Å²) in [6.07, 6.45) is 0. The summed E-state index contributed by atoms with van der Waals surface area (Å²) in [5.74, 6) is 0. The third kappa shape index (κ3) is 4.26. The molecule has 1 rings (SSSR count). The lowest BCUT2D eigenvalue weighted by Gasteiger charge is -2.21.